The zero-order chi connectivity index (χ0) is 14.4. The van der Waals surface area contributed by atoms with E-state index >= 15 is 0 Å². The number of aromatic nitrogens is 2. The van der Waals surface area contributed by atoms with Gasteiger partial charge in [0, 0.05) is 19.7 Å². The minimum absolute atomic E-state index is 0.187. The summed E-state index contributed by atoms with van der Waals surface area (Å²) in [4.78, 5) is 12.0. The van der Waals surface area contributed by atoms with Crippen LogP contribution in [0.1, 0.15) is 19.3 Å². The Morgan fingerprint density at radius 1 is 1.60 bits per heavy atom. The summed E-state index contributed by atoms with van der Waals surface area (Å²) in [6.07, 6.45) is 5.21. The Kier molecular flexibility index (Phi) is 5.82. The topological polar surface area (TPSA) is 68.2 Å². The molecule has 0 aliphatic carbocycles. The first-order valence-electron chi connectivity index (χ1n) is 6.94. The van der Waals surface area contributed by atoms with Crippen LogP contribution in [-0.4, -0.2) is 42.6 Å². The Hall–Kier alpha value is -1.11. The molecule has 0 radical (unpaired) electrons. The van der Waals surface area contributed by atoms with Gasteiger partial charge in [-0.3, -0.25) is 4.79 Å². The third kappa shape index (κ3) is 3.94. The smallest absolute Gasteiger partial charge is 0.287 e. The molecule has 112 valence electrons. The summed E-state index contributed by atoms with van der Waals surface area (Å²) in [5.41, 5.74) is 0.308. The van der Waals surface area contributed by atoms with Crippen LogP contribution in [0.3, 0.4) is 0 Å². The van der Waals surface area contributed by atoms with Crippen LogP contribution in [0.25, 0.3) is 0 Å². The molecular weight excluding hydrogens is 280 g/mol. The van der Waals surface area contributed by atoms with Gasteiger partial charge in [0.15, 0.2) is 0 Å². The Morgan fingerprint density at radius 3 is 3.15 bits per heavy atom. The van der Waals surface area contributed by atoms with Gasteiger partial charge in [-0.1, -0.05) is 18.0 Å². The van der Waals surface area contributed by atoms with E-state index < -0.39 is 0 Å². The molecule has 2 heterocycles. The van der Waals surface area contributed by atoms with Gasteiger partial charge < -0.3 is 15.4 Å². The fourth-order valence-electron chi connectivity index (χ4n) is 2.26. The second kappa shape index (κ2) is 7.61. The predicted molar refractivity (Wildman–Crippen MR) is 79.5 cm³/mol. The van der Waals surface area contributed by atoms with Gasteiger partial charge >= 0.3 is 0 Å². The Morgan fingerprint density at radius 2 is 2.45 bits per heavy atom. The molecule has 1 atom stereocenters. The van der Waals surface area contributed by atoms with Crippen molar-refractivity contribution in [3.05, 3.63) is 21.6 Å². The van der Waals surface area contributed by atoms with Crippen LogP contribution in [0.4, 0.5) is 5.69 Å². The van der Waals surface area contributed by atoms with Gasteiger partial charge in [0.25, 0.3) is 5.56 Å². The number of nitrogens with one attached hydrogen (secondary N) is 2. The van der Waals surface area contributed by atoms with Crippen molar-refractivity contribution in [2.24, 2.45) is 0 Å². The lowest BCUT2D eigenvalue weighted by atomic mass is 10.1. The van der Waals surface area contributed by atoms with E-state index in [4.69, 9.17) is 16.3 Å². The first kappa shape index (κ1) is 15.3. The maximum Gasteiger partial charge on any atom is 0.287 e. The normalized spacial score (nSPS) is 19.0. The molecule has 1 unspecified atom stereocenters. The molecule has 6 nitrogen and oxygen atoms in total. The predicted octanol–water partition coefficient (Wildman–Crippen LogP) is 1.10. The Labute approximate surface area is 123 Å². The minimum Gasteiger partial charge on any atom is -0.383 e. The number of rotatable bonds is 6. The summed E-state index contributed by atoms with van der Waals surface area (Å²) in [5.74, 6) is 0. The fraction of sp³-hybridized carbons (Fsp3) is 0.692. The first-order valence-corrected chi connectivity index (χ1v) is 7.32. The highest BCUT2D eigenvalue weighted by molar-refractivity contribution is 6.32. The molecule has 0 saturated carbocycles. The number of nitrogens with zero attached hydrogens (tertiary/aromatic N) is 2. The van der Waals surface area contributed by atoms with Crippen LogP contribution in [0.15, 0.2) is 11.0 Å². The number of hydrogen-bond acceptors (Lipinski definition) is 5. The van der Waals surface area contributed by atoms with Gasteiger partial charge in [-0.2, -0.15) is 5.10 Å². The molecule has 0 aromatic carbocycles. The molecule has 2 N–H and O–H groups in total. The standard InChI is InChI=1S/C13H21ClN4O2/c1-20-7-6-18-13(19)12(14)11(9-17-18)16-8-10-4-2-3-5-15-10/h9-10,15-16H,2-8H2,1H3. The van der Waals surface area contributed by atoms with Crippen molar-refractivity contribution in [3.63, 3.8) is 0 Å². The zero-order valence-electron chi connectivity index (χ0n) is 11.7. The molecule has 0 spiro atoms. The number of halogens is 1. The number of hydrogen-bond donors (Lipinski definition) is 2. The van der Waals surface area contributed by atoms with E-state index in [-0.39, 0.29) is 10.6 Å². The van der Waals surface area contributed by atoms with E-state index in [0.717, 1.165) is 19.5 Å². The largest absolute Gasteiger partial charge is 0.383 e. The average Bonchev–Trinajstić information content (AvgIpc) is 2.49. The van der Waals surface area contributed by atoms with Crippen molar-refractivity contribution in [2.75, 3.05) is 32.1 Å². The molecule has 1 aliphatic heterocycles. The molecule has 7 heteroatoms. The van der Waals surface area contributed by atoms with Gasteiger partial charge in [0.1, 0.15) is 5.02 Å². The summed E-state index contributed by atoms with van der Waals surface area (Å²) in [6, 6.07) is 0.427. The zero-order valence-corrected chi connectivity index (χ0v) is 12.4. The highest BCUT2D eigenvalue weighted by atomic mass is 35.5. The quantitative estimate of drug-likeness (QED) is 0.823. The fourth-order valence-corrected chi connectivity index (χ4v) is 2.47. The van der Waals surface area contributed by atoms with Crippen molar-refractivity contribution in [2.45, 2.75) is 31.8 Å². The van der Waals surface area contributed by atoms with Crippen LogP contribution >= 0.6 is 11.6 Å². The molecule has 1 aromatic heterocycles. The van der Waals surface area contributed by atoms with Crippen molar-refractivity contribution in [1.82, 2.24) is 15.1 Å². The van der Waals surface area contributed by atoms with Crippen molar-refractivity contribution in [1.29, 1.82) is 0 Å². The molecule has 20 heavy (non-hydrogen) atoms. The third-order valence-corrected chi connectivity index (χ3v) is 3.81. The lowest BCUT2D eigenvalue weighted by Crippen LogP contribution is -2.39. The first-order chi connectivity index (χ1) is 9.72. The minimum atomic E-state index is -0.287. The van der Waals surface area contributed by atoms with E-state index in [1.54, 1.807) is 13.3 Å². The Bertz CT molecular complexity index is 486. The van der Waals surface area contributed by atoms with Gasteiger partial charge in [-0.05, 0) is 19.4 Å². The second-order valence-electron chi connectivity index (χ2n) is 4.92. The van der Waals surface area contributed by atoms with Crippen LogP contribution in [-0.2, 0) is 11.3 Å². The molecule has 1 fully saturated rings. The lowest BCUT2D eigenvalue weighted by Gasteiger charge is -2.24. The maximum atomic E-state index is 12.0. The van der Waals surface area contributed by atoms with E-state index in [2.05, 4.69) is 15.7 Å². The monoisotopic (exact) mass is 300 g/mol. The molecule has 1 saturated heterocycles. The van der Waals surface area contributed by atoms with Crippen LogP contribution in [0.2, 0.25) is 5.02 Å². The van der Waals surface area contributed by atoms with E-state index in [9.17, 15) is 4.79 Å². The summed E-state index contributed by atoms with van der Waals surface area (Å²) in [5, 5.41) is 10.9. The lowest BCUT2D eigenvalue weighted by molar-refractivity contribution is 0.182. The van der Waals surface area contributed by atoms with Crippen LogP contribution < -0.4 is 16.2 Å². The summed E-state index contributed by atoms with van der Waals surface area (Å²) >= 11 is 6.10. The van der Waals surface area contributed by atoms with Crippen molar-refractivity contribution < 1.29 is 4.74 Å². The van der Waals surface area contributed by atoms with Crippen molar-refractivity contribution in [3.8, 4) is 0 Å². The molecule has 0 bridgehead atoms. The van der Waals surface area contributed by atoms with E-state index in [1.807, 2.05) is 0 Å². The second-order valence-corrected chi connectivity index (χ2v) is 5.30. The SMILES string of the molecule is COCCn1ncc(NCC2CCCCN2)c(Cl)c1=O. The summed E-state index contributed by atoms with van der Waals surface area (Å²) in [7, 11) is 1.58. The number of methoxy groups -OCH3 is 1. The van der Waals surface area contributed by atoms with E-state index in [1.165, 1.54) is 17.5 Å². The van der Waals surface area contributed by atoms with Gasteiger partial charge in [-0.25, -0.2) is 4.68 Å². The van der Waals surface area contributed by atoms with Gasteiger partial charge in [0.05, 0.1) is 25.0 Å². The highest BCUT2D eigenvalue weighted by Crippen LogP contribution is 2.16. The molecule has 1 aliphatic rings. The number of anilines is 1. The molecular formula is C13H21ClN4O2. The number of piperidine rings is 1. The van der Waals surface area contributed by atoms with Crippen LogP contribution in [0, 0.1) is 0 Å². The number of ether oxygens (including phenoxy) is 1. The average molecular weight is 301 g/mol. The molecule has 1 aromatic rings. The maximum absolute atomic E-state index is 12.0. The Balaban J connectivity index is 1.97. The van der Waals surface area contributed by atoms with Gasteiger partial charge in [0.2, 0.25) is 0 Å². The third-order valence-electron chi connectivity index (χ3n) is 3.44. The highest BCUT2D eigenvalue weighted by Gasteiger charge is 2.14. The summed E-state index contributed by atoms with van der Waals surface area (Å²) in [6.45, 7) is 2.64. The molecule has 2 rings (SSSR count). The molecule has 0 amide bonds. The van der Waals surface area contributed by atoms with Gasteiger partial charge in [-0.15, -0.1) is 0 Å². The van der Waals surface area contributed by atoms with Crippen LogP contribution in [0.5, 0.6) is 0 Å². The van der Waals surface area contributed by atoms with Crippen molar-refractivity contribution >= 4 is 17.3 Å². The van der Waals surface area contributed by atoms with E-state index in [0.29, 0.717) is 24.9 Å². The summed E-state index contributed by atoms with van der Waals surface area (Å²) < 4.78 is 6.25.